The molecule has 1 fully saturated rings. The summed E-state index contributed by atoms with van der Waals surface area (Å²) in [6, 6.07) is 5.74. The molecule has 0 spiro atoms. The van der Waals surface area contributed by atoms with Crippen molar-refractivity contribution in [1.82, 2.24) is 0 Å². The standard InChI is InChI=1S/C14H19IN2O2/c1-9-5-10(2)7-12(6-9)16-11-3-4-14(17(18)19)13(15)8-11/h3-4,8-10,12,16H,5-7H2,1-2H3. The van der Waals surface area contributed by atoms with Crippen LogP contribution < -0.4 is 5.32 Å². The number of rotatable bonds is 3. The molecule has 0 aliphatic heterocycles. The Morgan fingerprint density at radius 3 is 2.42 bits per heavy atom. The third kappa shape index (κ3) is 3.81. The van der Waals surface area contributed by atoms with Crippen molar-refractivity contribution in [1.29, 1.82) is 0 Å². The van der Waals surface area contributed by atoms with Crippen LogP contribution in [0.5, 0.6) is 0 Å². The van der Waals surface area contributed by atoms with Crippen molar-refractivity contribution in [2.75, 3.05) is 5.32 Å². The summed E-state index contributed by atoms with van der Waals surface area (Å²) in [7, 11) is 0. The predicted molar refractivity (Wildman–Crippen MR) is 85.4 cm³/mol. The normalized spacial score (nSPS) is 27.0. The van der Waals surface area contributed by atoms with E-state index in [0.717, 1.165) is 17.5 Å². The van der Waals surface area contributed by atoms with Gasteiger partial charge < -0.3 is 5.32 Å². The highest BCUT2D eigenvalue weighted by Gasteiger charge is 2.24. The summed E-state index contributed by atoms with van der Waals surface area (Å²) in [6.45, 7) is 4.59. The van der Waals surface area contributed by atoms with Gasteiger partial charge in [0.2, 0.25) is 0 Å². The highest BCUT2D eigenvalue weighted by molar-refractivity contribution is 14.1. The predicted octanol–water partition coefficient (Wildman–Crippen LogP) is 4.44. The molecule has 1 N–H and O–H groups in total. The van der Waals surface area contributed by atoms with Crippen molar-refractivity contribution < 1.29 is 4.92 Å². The molecule has 0 aromatic heterocycles. The summed E-state index contributed by atoms with van der Waals surface area (Å²) in [5, 5.41) is 14.3. The lowest BCUT2D eigenvalue weighted by molar-refractivity contribution is -0.385. The Kier molecular flexibility index (Phi) is 4.65. The Labute approximate surface area is 127 Å². The molecule has 0 amide bonds. The number of nitrogens with zero attached hydrogens (tertiary/aromatic N) is 1. The average molecular weight is 374 g/mol. The number of nitro groups is 1. The Bertz CT molecular complexity index is 469. The second kappa shape index (κ2) is 6.07. The Hall–Kier alpha value is -0.850. The van der Waals surface area contributed by atoms with E-state index in [1.807, 2.05) is 34.7 Å². The highest BCUT2D eigenvalue weighted by Crippen LogP contribution is 2.31. The maximum absolute atomic E-state index is 10.8. The van der Waals surface area contributed by atoms with E-state index in [1.54, 1.807) is 6.07 Å². The van der Waals surface area contributed by atoms with Gasteiger partial charge in [0.1, 0.15) is 0 Å². The fraction of sp³-hybridized carbons (Fsp3) is 0.571. The number of hydrogen-bond acceptors (Lipinski definition) is 3. The Morgan fingerprint density at radius 2 is 1.89 bits per heavy atom. The molecule has 5 heteroatoms. The molecule has 0 bridgehead atoms. The van der Waals surface area contributed by atoms with Gasteiger partial charge in [0.05, 0.1) is 8.49 Å². The van der Waals surface area contributed by atoms with E-state index in [1.165, 1.54) is 19.3 Å². The van der Waals surface area contributed by atoms with Gasteiger partial charge in [0, 0.05) is 17.8 Å². The summed E-state index contributed by atoms with van der Waals surface area (Å²) >= 11 is 2.02. The zero-order chi connectivity index (χ0) is 14.0. The number of anilines is 1. The molecule has 1 aliphatic rings. The van der Waals surface area contributed by atoms with E-state index in [2.05, 4.69) is 19.2 Å². The molecule has 1 aliphatic carbocycles. The molecule has 104 valence electrons. The third-order valence-corrected chi connectivity index (χ3v) is 4.56. The van der Waals surface area contributed by atoms with E-state index in [0.29, 0.717) is 9.61 Å². The minimum Gasteiger partial charge on any atom is -0.382 e. The third-order valence-electron chi connectivity index (χ3n) is 3.69. The maximum atomic E-state index is 10.8. The molecule has 1 aromatic rings. The zero-order valence-corrected chi connectivity index (χ0v) is 13.4. The van der Waals surface area contributed by atoms with Crippen LogP contribution in [0.4, 0.5) is 11.4 Å². The van der Waals surface area contributed by atoms with Crippen molar-refractivity contribution in [3.63, 3.8) is 0 Å². The van der Waals surface area contributed by atoms with Crippen LogP contribution in [0.2, 0.25) is 0 Å². The molecule has 2 rings (SSSR count). The minimum atomic E-state index is -0.337. The first kappa shape index (κ1) is 14.6. The summed E-state index contributed by atoms with van der Waals surface area (Å²) < 4.78 is 0.685. The largest absolute Gasteiger partial charge is 0.382 e. The van der Waals surface area contributed by atoms with E-state index in [4.69, 9.17) is 0 Å². The summed E-state index contributed by atoms with van der Waals surface area (Å²) in [5.74, 6) is 1.50. The summed E-state index contributed by atoms with van der Waals surface area (Å²) in [4.78, 5) is 10.5. The van der Waals surface area contributed by atoms with Crippen LogP contribution in [0.15, 0.2) is 18.2 Å². The van der Waals surface area contributed by atoms with Gasteiger partial charge in [0.15, 0.2) is 0 Å². The number of nitro benzene ring substituents is 1. The van der Waals surface area contributed by atoms with Crippen molar-refractivity contribution in [3.05, 3.63) is 31.9 Å². The maximum Gasteiger partial charge on any atom is 0.282 e. The number of benzene rings is 1. The number of halogens is 1. The lowest BCUT2D eigenvalue weighted by Gasteiger charge is -2.32. The van der Waals surface area contributed by atoms with E-state index < -0.39 is 0 Å². The molecule has 1 aromatic carbocycles. The molecule has 0 radical (unpaired) electrons. The van der Waals surface area contributed by atoms with Crippen molar-refractivity contribution in [3.8, 4) is 0 Å². The van der Waals surface area contributed by atoms with Crippen LogP contribution >= 0.6 is 22.6 Å². The molecule has 2 unspecified atom stereocenters. The fourth-order valence-electron chi connectivity index (χ4n) is 3.05. The van der Waals surface area contributed by atoms with Crippen LogP contribution in [0, 0.1) is 25.5 Å². The van der Waals surface area contributed by atoms with Gasteiger partial charge in [-0.25, -0.2) is 0 Å². The van der Waals surface area contributed by atoms with Crippen LogP contribution in [0.25, 0.3) is 0 Å². The molecule has 4 nitrogen and oxygen atoms in total. The first-order valence-electron chi connectivity index (χ1n) is 6.66. The van der Waals surface area contributed by atoms with Crippen LogP contribution in [0.3, 0.4) is 0 Å². The number of nitrogens with one attached hydrogen (secondary N) is 1. The van der Waals surface area contributed by atoms with E-state index >= 15 is 0 Å². The molecular weight excluding hydrogens is 355 g/mol. The smallest absolute Gasteiger partial charge is 0.282 e. The molecule has 0 saturated heterocycles. The van der Waals surface area contributed by atoms with E-state index in [9.17, 15) is 10.1 Å². The average Bonchev–Trinajstić information content (AvgIpc) is 2.26. The van der Waals surface area contributed by atoms with Crippen LogP contribution in [-0.2, 0) is 0 Å². The minimum absolute atomic E-state index is 0.177. The van der Waals surface area contributed by atoms with Gasteiger partial charge in [-0.1, -0.05) is 13.8 Å². The topological polar surface area (TPSA) is 55.2 Å². The van der Waals surface area contributed by atoms with Crippen LogP contribution in [0.1, 0.15) is 33.1 Å². The van der Waals surface area contributed by atoms with Crippen LogP contribution in [-0.4, -0.2) is 11.0 Å². The first-order valence-corrected chi connectivity index (χ1v) is 7.74. The van der Waals surface area contributed by atoms with Gasteiger partial charge >= 0.3 is 0 Å². The molecule has 1 saturated carbocycles. The lowest BCUT2D eigenvalue weighted by atomic mass is 9.80. The highest BCUT2D eigenvalue weighted by atomic mass is 127. The first-order chi connectivity index (χ1) is 8.95. The monoisotopic (exact) mass is 374 g/mol. The van der Waals surface area contributed by atoms with Gasteiger partial charge in [-0.15, -0.1) is 0 Å². The molecule has 19 heavy (non-hydrogen) atoms. The van der Waals surface area contributed by atoms with Gasteiger partial charge in [-0.05, 0) is 65.8 Å². The van der Waals surface area contributed by atoms with Crippen molar-refractivity contribution in [2.45, 2.75) is 39.2 Å². The zero-order valence-electron chi connectivity index (χ0n) is 11.2. The fourth-order valence-corrected chi connectivity index (χ4v) is 3.76. The van der Waals surface area contributed by atoms with E-state index in [-0.39, 0.29) is 10.6 Å². The van der Waals surface area contributed by atoms with Crippen molar-refractivity contribution >= 4 is 34.0 Å². The van der Waals surface area contributed by atoms with Gasteiger partial charge in [0.25, 0.3) is 5.69 Å². The van der Waals surface area contributed by atoms with Gasteiger partial charge in [-0.3, -0.25) is 10.1 Å². The number of hydrogen-bond donors (Lipinski definition) is 1. The second-order valence-electron chi connectivity index (χ2n) is 5.68. The quantitative estimate of drug-likeness (QED) is 0.484. The van der Waals surface area contributed by atoms with Crippen molar-refractivity contribution in [2.24, 2.45) is 11.8 Å². The SMILES string of the molecule is CC1CC(C)CC(Nc2ccc([N+](=O)[O-])c(I)c2)C1. The molecule has 0 heterocycles. The summed E-state index contributed by atoms with van der Waals surface area (Å²) in [6.07, 6.45) is 3.66. The summed E-state index contributed by atoms with van der Waals surface area (Å²) in [5.41, 5.74) is 1.16. The Balaban J connectivity index is 2.07. The lowest BCUT2D eigenvalue weighted by Crippen LogP contribution is -2.30. The molecule has 2 atom stereocenters. The Morgan fingerprint density at radius 1 is 1.26 bits per heavy atom. The van der Waals surface area contributed by atoms with Gasteiger partial charge in [-0.2, -0.15) is 0 Å². The second-order valence-corrected chi connectivity index (χ2v) is 6.84. The molecular formula is C14H19IN2O2.